The van der Waals surface area contributed by atoms with Crippen molar-refractivity contribution in [3.63, 3.8) is 0 Å². The minimum atomic E-state index is -3.31. The van der Waals surface area contributed by atoms with Crippen LogP contribution in [0.25, 0.3) is 0 Å². The lowest BCUT2D eigenvalue weighted by atomic mass is 9.79. The van der Waals surface area contributed by atoms with Gasteiger partial charge >= 0.3 is 13.1 Å². The number of hydrogen-bond acceptors (Lipinski definition) is 5. The Morgan fingerprint density at radius 3 is 2.45 bits per heavy atom. The van der Waals surface area contributed by atoms with Crippen LogP contribution in [-0.2, 0) is 19.1 Å². The molecule has 1 atom stereocenters. The second-order valence-electron chi connectivity index (χ2n) is 8.40. The van der Waals surface area contributed by atoms with Crippen molar-refractivity contribution in [3.8, 4) is 0 Å². The molecule has 1 aromatic carbocycles. The van der Waals surface area contributed by atoms with E-state index in [1.807, 2.05) is 39.8 Å². The van der Waals surface area contributed by atoms with Gasteiger partial charge in [0.05, 0.1) is 22.1 Å². The van der Waals surface area contributed by atoms with E-state index in [0.717, 1.165) is 11.7 Å². The van der Waals surface area contributed by atoms with Crippen LogP contribution in [0.5, 0.6) is 0 Å². The van der Waals surface area contributed by atoms with Crippen LogP contribution in [-0.4, -0.2) is 45.1 Å². The molecule has 1 aromatic rings. The number of nitrogens with one attached hydrogen (secondary N) is 2. The third kappa shape index (κ3) is 4.91. The van der Waals surface area contributed by atoms with Gasteiger partial charge in [-0.3, -0.25) is 0 Å². The zero-order valence-corrected chi connectivity index (χ0v) is 18.2. The van der Waals surface area contributed by atoms with E-state index in [4.69, 9.17) is 9.31 Å². The SMILES string of the molecule is CC1(C)OB(c2cccc(NC(=O)NC3C=C(S(C)(=O)=O)C=CC3)c2)OC1(C)C. The molecule has 1 heterocycles. The molecule has 2 amide bonds. The maximum atomic E-state index is 12.4. The molecule has 9 heteroatoms. The Balaban J connectivity index is 1.66. The van der Waals surface area contributed by atoms with E-state index in [1.165, 1.54) is 0 Å². The number of hydrogen-bond donors (Lipinski definition) is 2. The molecule has 29 heavy (non-hydrogen) atoms. The van der Waals surface area contributed by atoms with Crippen molar-refractivity contribution in [2.75, 3.05) is 11.6 Å². The van der Waals surface area contributed by atoms with Crippen LogP contribution < -0.4 is 16.1 Å². The lowest BCUT2D eigenvalue weighted by Crippen LogP contribution is -2.41. The lowest BCUT2D eigenvalue weighted by Gasteiger charge is -2.32. The van der Waals surface area contributed by atoms with Gasteiger partial charge in [0, 0.05) is 11.9 Å². The summed E-state index contributed by atoms with van der Waals surface area (Å²) in [5.74, 6) is 0. The van der Waals surface area contributed by atoms with Gasteiger partial charge in [0.1, 0.15) is 0 Å². The van der Waals surface area contributed by atoms with Crippen molar-refractivity contribution in [2.45, 2.75) is 51.4 Å². The molecule has 3 rings (SSSR count). The summed E-state index contributed by atoms with van der Waals surface area (Å²) in [6.45, 7) is 7.94. The van der Waals surface area contributed by atoms with E-state index >= 15 is 0 Å². The summed E-state index contributed by atoms with van der Waals surface area (Å²) in [7, 11) is -3.83. The molecule has 2 N–H and O–H groups in total. The standard InChI is InChI=1S/C20H27BN2O5S/c1-19(2)20(3,4)28-21(27-19)14-8-6-9-15(12-14)22-18(24)23-16-10-7-11-17(13-16)29(5,25)26/h6-9,11-13,16H,10H2,1-5H3,(H2,22,23,24). The number of sulfone groups is 1. The zero-order chi connectivity index (χ0) is 21.4. The number of allylic oxidation sites excluding steroid dienone is 1. The van der Waals surface area contributed by atoms with Crippen molar-refractivity contribution >= 4 is 34.1 Å². The second kappa shape index (κ2) is 7.62. The van der Waals surface area contributed by atoms with Gasteiger partial charge in [0.25, 0.3) is 0 Å². The van der Waals surface area contributed by atoms with E-state index in [9.17, 15) is 13.2 Å². The normalized spacial score (nSPS) is 22.9. The highest BCUT2D eigenvalue weighted by Gasteiger charge is 2.51. The van der Waals surface area contributed by atoms with E-state index in [-0.39, 0.29) is 4.91 Å². The number of benzene rings is 1. The molecule has 1 aliphatic carbocycles. The summed E-state index contributed by atoms with van der Waals surface area (Å²) in [5.41, 5.74) is 0.502. The Morgan fingerprint density at radius 1 is 1.17 bits per heavy atom. The molecule has 0 radical (unpaired) electrons. The van der Waals surface area contributed by atoms with Crippen molar-refractivity contribution in [1.82, 2.24) is 5.32 Å². The number of rotatable bonds is 4. The van der Waals surface area contributed by atoms with Crippen LogP contribution in [0.3, 0.4) is 0 Å². The summed E-state index contributed by atoms with van der Waals surface area (Å²) in [6.07, 6.45) is 6.52. The summed E-state index contributed by atoms with van der Waals surface area (Å²) in [4.78, 5) is 12.6. The molecule has 1 aliphatic heterocycles. The second-order valence-corrected chi connectivity index (χ2v) is 10.4. The third-order valence-electron chi connectivity index (χ3n) is 5.45. The van der Waals surface area contributed by atoms with Crippen molar-refractivity contribution in [1.29, 1.82) is 0 Å². The topological polar surface area (TPSA) is 93.7 Å². The quantitative estimate of drug-likeness (QED) is 0.733. The van der Waals surface area contributed by atoms with E-state index < -0.39 is 40.2 Å². The first-order valence-electron chi connectivity index (χ1n) is 9.49. The van der Waals surface area contributed by atoms with Gasteiger partial charge in [-0.2, -0.15) is 0 Å². The highest BCUT2D eigenvalue weighted by Crippen LogP contribution is 2.36. The minimum Gasteiger partial charge on any atom is -0.399 e. The Labute approximate surface area is 172 Å². The fourth-order valence-corrected chi connectivity index (χ4v) is 3.83. The molecule has 1 saturated heterocycles. The summed E-state index contributed by atoms with van der Waals surface area (Å²) >= 11 is 0. The van der Waals surface area contributed by atoms with Gasteiger partial charge in [0.2, 0.25) is 0 Å². The fraction of sp³-hybridized carbons (Fsp3) is 0.450. The number of amides is 2. The molecule has 1 fully saturated rings. The molecular formula is C20H27BN2O5S. The summed E-state index contributed by atoms with van der Waals surface area (Å²) in [5, 5.41) is 5.56. The van der Waals surface area contributed by atoms with Gasteiger partial charge in [-0.25, -0.2) is 13.2 Å². The molecule has 0 saturated carbocycles. The van der Waals surface area contributed by atoms with Gasteiger partial charge < -0.3 is 19.9 Å². The van der Waals surface area contributed by atoms with Crippen LogP contribution in [0.2, 0.25) is 0 Å². The Bertz CT molecular complexity index is 953. The van der Waals surface area contributed by atoms with E-state index in [2.05, 4.69) is 10.6 Å². The fourth-order valence-electron chi connectivity index (χ4n) is 3.08. The maximum Gasteiger partial charge on any atom is 0.494 e. The predicted octanol–water partition coefficient (Wildman–Crippen LogP) is 2.36. The molecule has 156 valence electrons. The highest BCUT2D eigenvalue weighted by atomic mass is 32.2. The molecule has 1 unspecified atom stereocenters. The first-order valence-corrected chi connectivity index (χ1v) is 11.4. The summed E-state index contributed by atoms with van der Waals surface area (Å²) < 4.78 is 35.5. The number of anilines is 1. The van der Waals surface area contributed by atoms with E-state index in [0.29, 0.717) is 12.1 Å². The average Bonchev–Trinajstić information content (AvgIpc) is 2.82. The monoisotopic (exact) mass is 418 g/mol. The minimum absolute atomic E-state index is 0.205. The Morgan fingerprint density at radius 2 is 1.83 bits per heavy atom. The van der Waals surface area contributed by atoms with Crippen LogP contribution in [0, 0.1) is 0 Å². The first-order chi connectivity index (χ1) is 13.4. The molecular weight excluding hydrogens is 391 g/mol. The third-order valence-corrected chi connectivity index (χ3v) is 6.58. The average molecular weight is 418 g/mol. The van der Waals surface area contributed by atoms with E-state index in [1.54, 1.807) is 30.4 Å². The van der Waals surface area contributed by atoms with Gasteiger partial charge in [-0.1, -0.05) is 18.2 Å². The number of urea groups is 1. The number of carbonyl (C=O) groups is 1. The van der Waals surface area contributed by atoms with Crippen molar-refractivity contribution in [3.05, 3.63) is 47.4 Å². The predicted molar refractivity (Wildman–Crippen MR) is 115 cm³/mol. The van der Waals surface area contributed by atoms with Crippen molar-refractivity contribution in [2.24, 2.45) is 0 Å². The van der Waals surface area contributed by atoms with Gasteiger partial charge in [-0.15, -0.1) is 0 Å². The van der Waals surface area contributed by atoms with Gasteiger partial charge in [0.15, 0.2) is 9.84 Å². The van der Waals surface area contributed by atoms with Crippen LogP contribution in [0.15, 0.2) is 47.4 Å². The lowest BCUT2D eigenvalue weighted by molar-refractivity contribution is 0.00578. The summed E-state index contributed by atoms with van der Waals surface area (Å²) in [6, 6.07) is 6.48. The highest BCUT2D eigenvalue weighted by molar-refractivity contribution is 7.94. The largest absolute Gasteiger partial charge is 0.494 e. The zero-order valence-electron chi connectivity index (χ0n) is 17.4. The number of carbonyl (C=O) groups excluding carboxylic acids is 1. The Hall–Kier alpha value is -2.10. The van der Waals surface area contributed by atoms with Crippen LogP contribution in [0.4, 0.5) is 10.5 Å². The molecule has 0 bridgehead atoms. The van der Waals surface area contributed by atoms with Crippen molar-refractivity contribution < 1.29 is 22.5 Å². The van der Waals surface area contributed by atoms with Crippen LogP contribution >= 0.6 is 0 Å². The maximum absolute atomic E-state index is 12.4. The molecule has 7 nitrogen and oxygen atoms in total. The Kier molecular flexibility index (Phi) is 5.68. The first kappa shape index (κ1) is 21.6. The smallest absolute Gasteiger partial charge is 0.399 e. The molecule has 0 spiro atoms. The molecule has 2 aliphatic rings. The van der Waals surface area contributed by atoms with Gasteiger partial charge in [-0.05, 0) is 63.9 Å². The molecule has 0 aromatic heterocycles. The van der Waals surface area contributed by atoms with Crippen LogP contribution in [0.1, 0.15) is 34.1 Å².